The van der Waals surface area contributed by atoms with Crippen LogP contribution in [0.4, 0.5) is 4.79 Å². The van der Waals surface area contributed by atoms with Crippen LogP contribution >= 0.6 is 0 Å². The van der Waals surface area contributed by atoms with Crippen LogP contribution in [0.3, 0.4) is 0 Å². The third-order valence-electron chi connectivity index (χ3n) is 2.30. The second kappa shape index (κ2) is 8.34. The molecule has 0 heterocycles. The number of hydrogen-bond acceptors (Lipinski definition) is 3. The summed E-state index contributed by atoms with van der Waals surface area (Å²) in [4.78, 5) is 35.1. The van der Waals surface area contributed by atoms with E-state index < -0.39 is 12.0 Å². The van der Waals surface area contributed by atoms with Crippen LogP contribution in [-0.4, -0.2) is 53.1 Å². The first-order chi connectivity index (χ1) is 8.73. The number of rotatable bonds is 7. The maximum atomic E-state index is 11.8. The van der Waals surface area contributed by atoms with Crippen molar-refractivity contribution < 1.29 is 19.5 Å². The summed E-state index contributed by atoms with van der Waals surface area (Å²) in [6, 6.07) is -0.555. The minimum atomic E-state index is -0.962. The van der Waals surface area contributed by atoms with Crippen LogP contribution in [-0.2, 0) is 9.59 Å². The first kappa shape index (κ1) is 17.2. The Morgan fingerprint density at radius 2 is 1.74 bits per heavy atom. The van der Waals surface area contributed by atoms with E-state index in [-0.39, 0.29) is 37.5 Å². The van der Waals surface area contributed by atoms with Gasteiger partial charge in [0.2, 0.25) is 5.91 Å². The second-order valence-corrected chi connectivity index (χ2v) is 4.81. The van der Waals surface area contributed by atoms with Gasteiger partial charge in [-0.2, -0.15) is 0 Å². The van der Waals surface area contributed by atoms with E-state index in [4.69, 9.17) is 5.11 Å². The number of nitrogens with one attached hydrogen (secondary N) is 2. The molecule has 0 unspecified atom stereocenters. The van der Waals surface area contributed by atoms with Gasteiger partial charge >= 0.3 is 12.0 Å². The summed E-state index contributed by atoms with van der Waals surface area (Å²) in [5.41, 5.74) is 0. The molecule has 0 aromatic carbocycles. The molecular weight excluding hydrogens is 250 g/mol. The van der Waals surface area contributed by atoms with Crippen molar-refractivity contribution in [3.05, 3.63) is 0 Å². The van der Waals surface area contributed by atoms with E-state index in [1.165, 1.54) is 4.90 Å². The zero-order chi connectivity index (χ0) is 15.0. The average molecular weight is 273 g/mol. The first-order valence-corrected chi connectivity index (χ1v) is 6.29. The Bertz CT molecular complexity index is 329. The number of amides is 3. The van der Waals surface area contributed by atoms with Gasteiger partial charge in [-0.15, -0.1) is 0 Å². The zero-order valence-corrected chi connectivity index (χ0v) is 11.9. The highest BCUT2D eigenvalue weighted by molar-refractivity contribution is 5.84. The van der Waals surface area contributed by atoms with Gasteiger partial charge in [0.15, 0.2) is 0 Å². The summed E-state index contributed by atoms with van der Waals surface area (Å²) in [7, 11) is 0. The lowest BCUT2D eigenvalue weighted by atomic mass is 10.3. The van der Waals surface area contributed by atoms with Gasteiger partial charge in [0.25, 0.3) is 0 Å². The van der Waals surface area contributed by atoms with E-state index in [0.29, 0.717) is 0 Å². The molecule has 0 fully saturated rings. The molecule has 0 aliphatic carbocycles. The van der Waals surface area contributed by atoms with Crippen molar-refractivity contribution in [2.24, 2.45) is 0 Å². The number of aliphatic carboxylic acids is 1. The van der Waals surface area contributed by atoms with E-state index >= 15 is 0 Å². The molecule has 0 aliphatic heterocycles. The summed E-state index contributed by atoms with van der Waals surface area (Å²) in [5.74, 6) is -1.23. The number of carbonyl (C=O) groups excluding carboxylic acids is 2. The lowest BCUT2D eigenvalue weighted by Gasteiger charge is -2.26. The molecule has 0 atom stereocenters. The predicted octanol–water partition coefficient (Wildman–Crippen LogP) is 0.406. The monoisotopic (exact) mass is 273 g/mol. The zero-order valence-electron chi connectivity index (χ0n) is 11.9. The average Bonchev–Trinajstić information content (AvgIpc) is 2.24. The SMILES string of the molecule is CC(C)NC(=O)CNC(=O)N(CCC(=O)O)C(C)C. The van der Waals surface area contributed by atoms with Crippen molar-refractivity contribution >= 4 is 17.9 Å². The summed E-state index contributed by atoms with van der Waals surface area (Å²) in [6.45, 7) is 7.23. The Labute approximate surface area is 113 Å². The molecule has 0 aromatic heterocycles. The summed E-state index contributed by atoms with van der Waals surface area (Å²) < 4.78 is 0. The maximum Gasteiger partial charge on any atom is 0.318 e. The van der Waals surface area contributed by atoms with Gasteiger partial charge in [-0.3, -0.25) is 9.59 Å². The fourth-order valence-electron chi connectivity index (χ4n) is 1.44. The maximum absolute atomic E-state index is 11.8. The summed E-state index contributed by atoms with van der Waals surface area (Å²) >= 11 is 0. The van der Waals surface area contributed by atoms with Gasteiger partial charge in [0.05, 0.1) is 13.0 Å². The largest absolute Gasteiger partial charge is 0.481 e. The van der Waals surface area contributed by atoms with Gasteiger partial charge in [0, 0.05) is 18.6 Å². The molecule has 19 heavy (non-hydrogen) atoms. The molecule has 0 radical (unpaired) electrons. The molecule has 0 aromatic rings. The summed E-state index contributed by atoms with van der Waals surface area (Å²) in [6.07, 6.45) is -0.121. The van der Waals surface area contributed by atoms with Crippen LogP contribution in [0.1, 0.15) is 34.1 Å². The molecule has 3 amide bonds. The van der Waals surface area contributed by atoms with Crippen LogP contribution in [0.15, 0.2) is 0 Å². The number of carbonyl (C=O) groups is 3. The smallest absolute Gasteiger partial charge is 0.318 e. The Hall–Kier alpha value is -1.79. The molecule has 0 spiro atoms. The van der Waals surface area contributed by atoms with Gasteiger partial charge in [0.1, 0.15) is 0 Å². The van der Waals surface area contributed by atoms with E-state index in [1.807, 2.05) is 13.8 Å². The van der Waals surface area contributed by atoms with Crippen molar-refractivity contribution in [1.29, 1.82) is 0 Å². The highest BCUT2D eigenvalue weighted by Gasteiger charge is 2.18. The molecule has 0 saturated heterocycles. The molecule has 0 rings (SSSR count). The minimum absolute atomic E-state index is 0.0117. The van der Waals surface area contributed by atoms with Gasteiger partial charge in [-0.25, -0.2) is 4.79 Å². The van der Waals surface area contributed by atoms with Gasteiger partial charge < -0.3 is 20.6 Å². The molecule has 7 heteroatoms. The Kier molecular flexibility index (Phi) is 7.55. The fourth-order valence-corrected chi connectivity index (χ4v) is 1.44. The van der Waals surface area contributed by atoms with Crippen LogP contribution < -0.4 is 10.6 Å². The molecule has 0 aliphatic rings. The predicted molar refractivity (Wildman–Crippen MR) is 70.8 cm³/mol. The lowest BCUT2D eigenvalue weighted by molar-refractivity contribution is -0.137. The fraction of sp³-hybridized carbons (Fsp3) is 0.750. The van der Waals surface area contributed by atoms with E-state index in [0.717, 1.165) is 0 Å². The van der Waals surface area contributed by atoms with Crippen molar-refractivity contribution in [1.82, 2.24) is 15.5 Å². The number of urea groups is 1. The van der Waals surface area contributed by atoms with Crippen molar-refractivity contribution in [2.45, 2.75) is 46.2 Å². The molecule has 3 N–H and O–H groups in total. The number of hydrogen-bond donors (Lipinski definition) is 3. The van der Waals surface area contributed by atoms with E-state index in [9.17, 15) is 14.4 Å². The molecule has 110 valence electrons. The topological polar surface area (TPSA) is 98.7 Å². The third-order valence-corrected chi connectivity index (χ3v) is 2.30. The summed E-state index contributed by atoms with van der Waals surface area (Å²) in [5, 5.41) is 13.7. The van der Waals surface area contributed by atoms with Crippen molar-refractivity contribution in [3.8, 4) is 0 Å². The van der Waals surface area contributed by atoms with Crippen LogP contribution in [0.5, 0.6) is 0 Å². The lowest BCUT2D eigenvalue weighted by Crippen LogP contribution is -2.48. The van der Waals surface area contributed by atoms with Crippen molar-refractivity contribution in [3.63, 3.8) is 0 Å². The van der Waals surface area contributed by atoms with E-state index in [1.54, 1.807) is 13.8 Å². The van der Waals surface area contributed by atoms with Gasteiger partial charge in [-0.05, 0) is 27.7 Å². The van der Waals surface area contributed by atoms with E-state index in [2.05, 4.69) is 10.6 Å². The normalized spacial score (nSPS) is 10.4. The van der Waals surface area contributed by atoms with Crippen molar-refractivity contribution in [2.75, 3.05) is 13.1 Å². The van der Waals surface area contributed by atoms with Crippen LogP contribution in [0.2, 0.25) is 0 Å². The highest BCUT2D eigenvalue weighted by atomic mass is 16.4. The molecule has 0 saturated carbocycles. The molecule has 0 bridgehead atoms. The van der Waals surface area contributed by atoms with Gasteiger partial charge in [-0.1, -0.05) is 0 Å². The number of carboxylic acids is 1. The third kappa shape index (κ3) is 8.01. The number of carboxylic acid groups (broad SMARTS) is 1. The Morgan fingerprint density at radius 1 is 1.16 bits per heavy atom. The second-order valence-electron chi connectivity index (χ2n) is 4.81. The Balaban J connectivity index is 4.25. The Morgan fingerprint density at radius 3 is 2.16 bits per heavy atom. The molecule has 7 nitrogen and oxygen atoms in total. The quantitative estimate of drug-likeness (QED) is 0.625. The van der Waals surface area contributed by atoms with Crippen LogP contribution in [0, 0.1) is 0 Å². The minimum Gasteiger partial charge on any atom is -0.481 e. The molecular formula is C12H23N3O4. The number of nitrogens with zero attached hydrogens (tertiary/aromatic N) is 1. The van der Waals surface area contributed by atoms with Crippen LogP contribution in [0.25, 0.3) is 0 Å². The highest BCUT2D eigenvalue weighted by Crippen LogP contribution is 2.00. The standard InChI is InChI=1S/C12H23N3O4/c1-8(2)14-10(16)7-13-12(19)15(9(3)4)6-5-11(17)18/h8-9H,5-7H2,1-4H3,(H,13,19)(H,14,16)(H,17,18). The first-order valence-electron chi connectivity index (χ1n) is 6.29.